The predicted molar refractivity (Wildman–Crippen MR) is 72.0 cm³/mol. The minimum Gasteiger partial charge on any atom is -0.374 e. The molecule has 0 aliphatic carbocycles. The Balaban J connectivity index is 4.40. The Bertz CT molecular complexity index is 167. The molecular weight excluding hydrogens is 236 g/mol. The maximum Gasteiger partial charge on any atom is 0.502 e. The highest BCUT2D eigenvalue weighted by Gasteiger charge is 2.41. The molecule has 5 nitrogen and oxygen atoms in total. The van der Waals surface area contributed by atoms with Gasteiger partial charge >= 0.3 is 8.80 Å². The molecule has 0 amide bonds. The van der Waals surface area contributed by atoms with Gasteiger partial charge in [-0.25, -0.2) is 0 Å². The summed E-state index contributed by atoms with van der Waals surface area (Å²) in [7, 11) is -2.57. The van der Waals surface area contributed by atoms with Gasteiger partial charge in [-0.05, 0) is 27.3 Å². The van der Waals surface area contributed by atoms with E-state index >= 15 is 0 Å². The van der Waals surface area contributed by atoms with E-state index in [2.05, 4.69) is 12.2 Å². The summed E-state index contributed by atoms with van der Waals surface area (Å²) in [6.07, 6.45) is 0. The molecule has 0 spiro atoms. The molecule has 0 rings (SSSR count). The summed E-state index contributed by atoms with van der Waals surface area (Å²) < 4.78 is 17.2. The van der Waals surface area contributed by atoms with E-state index in [1.54, 1.807) is 0 Å². The van der Waals surface area contributed by atoms with Crippen LogP contribution >= 0.6 is 0 Å². The molecule has 1 atom stereocenters. The molecule has 0 aromatic rings. The molecule has 104 valence electrons. The topological polar surface area (TPSA) is 65.7 Å². The molecule has 0 aliphatic heterocycles. The summed E-state index contributed by atoms with van der Waals surface area (Å²) in [5.41, 5.74) is 6.07. The van der Waals surface area contributed by atoms with E-state index in [0.29, 0.717) is 25.9 Å². The predicted octanol–water partition coefficient (Wildman–Crippen LogP) is 0.972. The van der Waals surface area contributed by atoms with Crippen molar-refractivity contribution >= 4 is 8.80 Å². The second kappa shape index (κ2) is 9.99. The highest BCUT2D eigenvalue weighted by atomic mass is 28.4. The minimum atomic E-state index is -2.57. The van der Waals surface area contributed by atoms with Crippen LogP contribution in [0.4, 0.5) is 0 Å². The number of nitrogens with two attached hydrogens (primary N) is 1. The lowest BCUT2D eigenvalue weighted by molar-refractivity contribution is 0.0696. The molecule has 0 saturated heterocycles. The van der Waals surface area contributed by atoms with E-state index in [9.17, 15) is 0 Å². The fraction of sp³-hybridized carbons (Fsp3) is 1.00. The van der Waals surface area contributed by atoms with Gasteiger partial charge in [0.25, 0.3) is 0 Å². The van der Waals surface area contributed by atoms with Gasteiger partial charge in [-0.1, -0.05) is 6.92 Å². The molecule has 0 radical (unpaired) electrons. The Labute approximate surface area is 106 Å². The van der Waals surface area contributed by atoms with Crippen molar-refractivity contribution in [1.82, 2.24) is 5.32 Å². The van der Waals surface area contributed by atoms with Crippen LogP contribution in [0.25, 0.3) is 0 Å². The maximum absolute atomic E-state index is 6.07. The molecule has 0 fully saturated rings. The molecule has 1 unspecified atom stereocenters. The minimum absolute atomic E-state index is 0.00580. The van der Waals surface area contributed by atoms with Gasteiger partial charge in [-0.2, -0.15) is 0 Å². The van der Waals surface area contributed by atoms with E-state index < -0.39 is 8.80 Å². The van der Waals surface area contributed by atoms with Crippen molar-refractivity contribution < 1.29 is 13.3 Å². The van der Waals surface area contributed by atoms with Crippen molar-refractivity contribution in [2.24, 2.45) is 5.73 Å². The van der Waals surface area contributed by atoms with Crippen LogP contribution < -0.4 is 11.1 Å². The smallest absolute Gasteiger partial charge is 0.374 e. The first kappa shape index (κ1) is 17.0. The van der Waals surface area contributed by atoms with Gasteiger partial charge in [-0.3, -0.25) is 0 Å². The summed E-state index contributed by atoms with van der Waals surface area (Å²) in [4.78, 5) is 0. The monoisotopic (exact) mass is 264 g/mol. The van der Waals surface area contributed by atoms with Crippen LogP contribution in [0.5, 0.6) is 0 Å². The standard InChI is InChI=1S/C11H28N2O3Si/c1-5-13-9-11(12)10-17(14-6-2,15-7-3)16-8-4/h11,13H,5-10,12H2,1-4H3. The number of hydrogen-bond acceptors (Lipinski definition) is 5. The first-order valence-electron chi connectivity index (χ1n) is 6.52. The quantitative estimate of drug-likeness (QED) is 0.544. The van der Waals surface area contributed by atoms with Crippen LogP contribution in [0.15, 0.2) is 0 Å². The molecule has 0 aromatic carbocycles. The fourth-order valence-electron chi connectivity index (χ4n) is 1.68. The molecule has 0 heterocycles. The number of hydrogen-bond donors (Lipinski definition) is 2. The Kier molecular flexibility index (Phi) is 10.00. The van der Waals surface area contributed by atoms with Gasteiger partial charge < -0.3 is 24.3 Å². The lowest BCUT2D eigenvalue weighted by Crippen LogP contribution is -2.51. The number of likely N-dealkylation sites (N-methyl/N-ethyl adjacent to an activating group) is 1. The molecule has 0 bridgehead atoms. The highest BCUT2D eigenvalue weighted by Crippen LogP contribution is 2.17. The third kappa shape index (κ3) is 7.12. The van der Waals surface area contributed by atoms with Crippen LogP contribution in [-0.4, -0.2) is 47.8 Å². The van der Waals surface area contributed by atoms with Crippen LogP contribution in [0.3, 0.4) is 0 Å². The summed E-state index contributed by atoms with van der Waals surface area (Å²) in [6, 6.07) is 0.668. The van der Waals surface area contributed by atoms with Crippen molar-refractivity contribution in [3.05, 3.63) is 0 Å². The van der Waals surface area contributed by atoms with E-state index in [1.807, 2.05) is 20.8 Å². The summed E-state index contributed by atoms with van der Waals surface area (Å²) in [5, 5.41) is 3.23. The van der Waals surface area contributed by atoms with Crippen LogP contribution in [0.1, 0.15) is 27.7 Å². The van der Waals surface area contributed by atoms with Crippen LogP contribution in [0.2, 0.25) is 6.04 Å². The third-order valence-corrected chi connectivity index (χ3v) is 5.47. The average molecular weight is 264 g/mol. The van der Waals surface area contributed by atoms with Gasteiger partial charge in [0.15, 0.2) is 0 Å². The summed E-state index contributed by atoms with van der Waals surface area (Å²) in [6.45, 7) is 11.4. The fourth-order valence-corrected chi connectivity index (χ4v) is 4.39. The van der Waals surface area contributed by atoms with Crippen molar-refractivity contribution in [1.29, 1.82) is 0 Å². The van der Waals surface area contributed by atoms with Crippen LogP contribution in [0, 0.1) is 0 Å². The van der Waals surface area contributed by atoms with Crippen molar-refractivity contribution in [2.75, 3.05) is 32.9 Å². The second-order valence-corrected chi connectivity index (χ2v) is 6.39. The summed E-state index contributed by atoms with van der Waals surface area (Å²) in [5.74, 6) is 0. The Morgan fingerprint density at radius 2 is 1.47 bits per heavy atom. The second-order valence-electron chi connectivity index (χ2n) is 3.75. The van der Waals surface area contributed by atoms with Gasteiger partial charge in [0.1, 0.15) is 0 Å². The molecule has 0 aromatic heterocycles. The SMILES string of the molecule is CCNCC(N)C[Si](OCC)(OCC)OCC. The molecule has 0 saturated carbocycles. The number of nitrogens with one attached hydrogen (secondary N) is 1. The first-order valence-corrected chi connectivity index (χ1v) is 8.45. The zero-order valence-electron chi connectivity index (χ0n) is 11.6. The molecular formula is C11H28N2O3Si. The first-order chi connectivity index (χ1) is 8.14. The van der Waals surface area contributed by atoms with Gasteiger partial charge in [-0.15, -0.1) is 0 Å². The Morgan fingerprint density at radius 3 is 1.82 bits per heavy atom. The van der Waals surface area contributed by atoms with E-state index in [0.717, 1.165) is 13.1 Å². The highest BCUT2D eigenvalue weighted by molar-refractivity contribution is 6.60. The van der Waals surface area contributed by atoms with Gasteiger partial charge in [0, 0.05) is 38.5 Å². The van der Waals surface area contributed by atoms with Crippen molar-refractivity contribution in [3.8, 4) is 0 Å². The van der Waals surface area contributed by atoms with E-state index in [1.165, 1.54) is 0 Å². The third-order valence-electron chi connectivity index (χ3n) is 2.26. The zero-order chi connectivity index (χ0) is 13.1. The van der Waals surface area contributed by atoms with Crippen molar-refractivity contribution in [2.45, 2.75) is 39.8 Å². The maximum atomic E-state index is 6.07. The van der Waals surface area contributed by atoms with Crippen LogP contribution in [-0.2, 0) is 13.3 Å². The molecule has 3 N–H and O–H groups in total. The van der Waals surface area contributed by atoms with Gasteiger partial charge in [0.2, 0.25) is 0 Å². The Hall–Kier alpha value is 0.0169. The van der Waals surface area contributed by atoms with Crippen molar-refractivity contribution in [3.63, 3.8) is 0 Å². The average Bonchev–Trinajstić information content (AvgIpc) is 2.27. The van der Waals surface area contributed by atoms with E-state index in [4.69, 9.17) is 19.0 Å². The lowest BCUT2D eigenvalue weighted by atomic mass is 10.3. The lowest BCUT2D eigenvalue weighted by Gasteiger charge is -2.30. The zero-order valence-corrected chi connectivity index (χ0v) is 12.6. The van der Waals surface area contributed by atoms with E-state index in [-0.39, 0.29) is 6.04 Å². The molecule has 17 heavy (non-hydrogen) atoms. The largest absolute Gasteiger partial charge is 0.502 e. The van der Waals surface area contributed by atoms with Gasteiger partial charge in [0.05, 0.1) is 0 Å². The normalized spacial score (nSPS) is 13.9. The summed E-state index contributed by atoms with van der Waals surface area (Å²) >= 11 is 0. The molecule has 0 aliphatic rings. The molecule has 6 heteroatoms. The Morgan fingerprint density at radius 1 is 1.00 bits per heavy atom. The number of rotatable bonds is 11.